The number of hydrogen-bond donors (Lipinski definition) is 0. The zero-order chi connectivity index (χ0) is 6.97. The topological polar surface area (TPSA) is 12.4 Å². The van der Waals surface area contributed by atoms with Gasteiger partial charge < -0.3 is 0 Å². The van der Waals surface area contributed by atoms with Crippen LogP contribution in [0.1, 0.15) is 26.2 Å². The molecule has 0 aliphatic carbocycles. The summed E-state index contributed by atoms with van der Waals surface area (Å²) in [4.78, 5) is 4.36. The Kier molecular flexibility index (Phi) is 1.57. The van der Waals surface area contributed by atoms with Crippen LogP contribution in [-0.2, 0) is 0 Å². The standard InChI is InChI=1S/C8H11NS/c1-6-5-7-3-2-4-9-8(7)10-6/h4,6H,2-3,5H2,1H3. The van der Waals surface area contributed by atoms with E-state index in [2.05, 4.69) is 11.9 Å². The fourth-order valence-electron chi connectivity index (χ4n) is 1.47. The summed E-state index contributed by atoms with van der Waals surface area (Å²) in [5.74, 6) is 0. The molecule has 10 heavy (non-hydrogen) atoms. The first-order valence-electron chi connectivity index (χ1n) is 3.77. The smallest absolute Gasteiger partial charge is 0.0951 e. The van der Waals surface area contributed by atoms with Gasteiger partial charge in [-0.15, -0.1) is 11.8 Å². The van der Waals surface area contributed by atoms with Crippen molar-refractivity contribution in [3.05, 3.63) is 10.6 Å². The summed E-state index contributed by atoms with van der Waals surface area (Å²) < 4.78 is 0. The maximum absolute atomic E-state index is 4.36. The summed E-state index contributed by atoms with van der Waals surface area (Å²) in [5.41, 5.74) is 1.60. The van der Waals surface area contributed by atoms with Crippen molar-refractivity contribution >= 4 is 18.0 Å². The molecular formula is C8H11NS. The van der Waals surface area contributed by atoms with E-state index in [0.717, 1.165) is 11.7 Å². The summed E-state index contributed by atoms with van der Waals surface area (Å²) in [6.45, 7) is 2.28. The molecular weight excluding hydrogens is 142 g/mol. The van der Waals surface area contributed by atoms with E-state index in [1.807, 2.05) is 18.0 Å². The molecule has 0 saturated carbocycles. The fraction of sp³-hybridized carbons (Fsp3) is 0.625. The third kappa shape index (κ3) is 1.01. The van der Waals surface area contributed by atoms with E-state index in [9.17, 15) is 0 Å². The molecule has 2 heteroatoms. The summed E-state index contributed by atoms with van der Waals surface area (Å²) in [5, 5.41) is 2.10. The molecule has 0 N–H and O–H groups in total. The Balaban J connectivity index is 2.21. The molecule has 1 nitrogen and oxygen atoms in total. The van der Waals surface area contributed by atoms with Crippen LogP contribution in [0.3, 0.4) is 0 Å². The Morgan fingerprint density at radius 1 is 1.70 bits per heavy atom. The summed E-state index contributed by atoms with van der Waals surface area (Å²) in [6, 6.07) is 0. The lowest BCUT2D eigenvalue weighted by Crippen LogP contribution is -1.91. The van der Waals surface area contributed by atoms with Gasteiger partial charge in [0.05, 0.1) is 5.03 Å². The van der Waals surface area contributed by atoms with Crippen LogP contribution in [0.5, 0.6) is 0 Å². The predicted molar refractivity (Wildman–Crippen MR) is 46.4 cm³/mol. The van der Waals surface area contributed by atoms with E-state index in [4.69, 9.17) is 0 Å². The highest BCUT2D eigenvalue weighted by Crippen LogP contribution is 2.41. The highest BCUT2D eigenvalue weighted by molar-refractivity contribution is 8.03. The lowest BCUT2D eigenvalue weighted by molar-refractivity contribution is 0.861. The number of rotatable bonds is 0. The van der Waals surface area contributed by atoms with E-state index in [-0.39, 0.29) is 0 Å². The van der Waals surface area contributed by atoms with Crippen molar-refractivity contribution in [3.8, 4) is 0 Å². The molecule has 0 radical (unpaired) electrons. The van der Waals surface area contributed by atoms with Gasteiger partial charge in [0.2, 0.25) is 0 Å². The van der Waals surface area contributed by atoms with Crippen LogP contribution in [0.25, 0.3) is 0 Å². The van der Waals surface area contributed by atoms with Crippen molar-refractivity contribution in [2.24, 2.45) is 4.99 Å². The summed E-state index contributed by atoms with van der Waals surface area (Å²) >= 11 is 1.93. The van der Waals surface area contributed by atoms with Crippen molar-refractivity contribution < 1.29 is 0 Å². The zero-order valence-electron chi connectivity index (χ0n) is 6.13. The van der Waals surface area contributed by atoms with Gasteiger partial charge >= 0.3 is 0 Å². The number of hydrogen-bond acceptors (Lipinski definition) is 2. The molecule has 2 aliphatic heterocycles. The Bertz CT molecular complexity index is 205. The van der Waals surface area contributed by atoms with Gasteiger partial charge in [-0.3, -0.25) is 4.99 Å². The van der Waals surface area contributed by atoms with Crippen LogP contribution in [0, 0.1) is 0 Å². The first-order valence-corrected chi connectivity index (χ1v) is 4.65. The fourth-order valence-corrected chi connectivity index (χ4v) is 2.62. The molecule has 0 saturated heterocycles. The molecule has 0 aromatic rings. The van der Waals surface area contributed by atoms with Crippen molar-refractivity contribution in [2.45, 2.75) is 31.4 Å². The van der Waals surface area contributed by atoms with Crippen molar-refractivity contribution in [1.29, 1.82) is 0 Å². The second-order valence-electron chi connectivity index (χ2n) is 2.89. The molecule has 0 aromatic heterocycles. The molecule has 2 heterocycles. The van der Waals surface area contributed by atoms with Crippen LogP contribution in [0.4, 0.5) is 0 Å². The van der Waals surface area contributed by atoms with E-state index >= 15 is 0 Å². The predicted octanol–water partition coefficient (Wildman–Crippen LogP) is 2.59. The SMILES string of the molecule is CC1CC2=C(N=CCC2)S1. The molecule has 0 spiro atoms. The lowest BCUT2D eigenvalue weighted by Gasteiger charge is -2.03. The molecule has 2 aliphatic rings. The van der Waals surface area contributed by atoms with Gasteiger partial charge in [-0.25, -0.2) is 0 Å². The van der Waals surface area contributed by atoms with E-state index in [0.29, 0.717) is 0 Å². The average molecular weight is 153 g/mol. The quantitative estimate of drug-likeness (QED) is 0.521. The molecule has 0 fully saturated rings. The highest BCUT2D eigenvalue weighted by Gasteiger charge is 2.21. The van der Waals surface area contributed by atoms with Crippen LogP contribution in [0.2, 0.25) is 0 Å². The van der Waals surface area contributed by atoms with Crippen molar-refractivity contribution in [2.75, 3.05) is 0 Å². The minimum Gasteiger partial charge on any atom is -0.254 e. The normalized spacial score (nSPS) is 31.1. The maximum Gasteiger partial charge on any atom is 0.0951 e. The van der Waals surface area contributed by atoms with Gasteiger partial charge in [-0.2, -0.15) is 0 Å². The van der Waals surface area contributed by atoms with Crippen LogP contribution in [-0.4, -0.2) is 11.5 Å². The number of nitrogens with zero attached hydrogens (tertiary/aromatic N) is 1. The van der Waals surface area contributed by atoms with Crippen LogP contribution in [0.15, 0.2) is 15.6 Å². The Labute approximate surface area is 65.6 Å². The molecule has 1 atom stereocenters. The Hall–Kier alpha value is -0.240. The molecule has 0 amide bonds. The van der Waals surface area contributed by atoms with Gasteiger partial charge in [0.15, 0.2) is 0 Å². The van der Waals surface area contributed by atoms with Crippen LogP contribution >= 0.6 is 11.8 Å². The number of allylic oxidation sites excluding steroid dienone is 1. The number of thioether (sulfide) groups is 1. The van der Waals surface area contributed by atoms with Gasteiger partial charge in [-0.1, -0.05) is 6.92 Å². The molecule has 54 valence electrons. The third-order valence-electron chi connectivity index (χ3n) is 1.93. The monoisotopic (exact) mass is 153 g/mol. The Morgan fingerprint density at radius 3 is 3.40 bits per heavy atom. The minimum absolute atomic E-state index is 0.778. The lowest BCUT2D eigenvalue weighted by atomic mass is 10.1. The minimum atomic E-state index is 0.778. The summed E-state index contributed by atoms with van der Waals surface area (Å²) in [6.07, 6.45) is 5.74. The second kappa shape index (κ2) is 2.42. The van der Waals surface area contributed by atoms with E-state index in [1.165, 1.54) is 17.9 Å². The average Bonchev–Trinajstić information content (AvgIpc) is 2.27. The van der Waals surface area contributed by atoms with Gasteiger partial charge in [-0.05, 0) is 24.8 Å². The first-order chi connectivity index (χ1) is 4.86. The molecule has 0 aromatic carbocycles. The van der Waals surface area contributed by atoms with Gasteiger partial charge in [0, 0.05) is 11.5 Å². The highest BCUT2D eigenvalue weighted by atomic mass is 32.2. The van der Waals surface area contributed by atoms with Crippen molar-refractivity contribution in [3.63, 3.8) is 0 Å². The summed E-state index contributed by atoms with van der Waals surface area (Å²) in [7, 11) is 0. The first kappa shape index (κ1) is 6.47. The largest absolute Gasteiger partial charge is 0.254 e. The van der Waals surface area contributed by atoms with E-state index in [1.54, 1.807) is 5.57 Å². The third-order valence-corrected chi connectivity index (χ3v) is 3.12. The second-order valence-corrected chi connectivity index (χ2v) is 4.32. The van der Waals surface area contributed by atoms with E-state index < -0.39 is 0 Å². The van der Waals surface area contributed by atoms with Gasteiger partial charge in [0.1, 0.15) is 0 Å². The van der Waals surface area contributed by atoms with Crippen LogP contribution < -0.4 is 0 Å². The Morgan fingerprint density at radius 2 is 2.60 bits per heavy atom. The molecule has 1 unspecified atom stereocenters. The van der Waals surface area contributed by atoms with Gasteiger partial charge in [0.25, 0.3) is 0 Å². The molecule has 0 bridgehead atoms. The zero-order valence-corrected chi connectivity index (χ0v) is 6.95. The van der Waals surface area contributed by atoms with Crippen molar-refractivity contribution in [1.82, 2.24) is 0 Å². The number of aliphatic imine (C=N–C) groups is 1. The molecule has 2 rings (SSSR count). The maximum atomic E-state index is 4.36.